The minimum atomic E-state index is -0.997. The average molecular weight is 356 g/mol. The molecule has 1 N–H and O–H groups in total. The molecule has 6 nitrogen and oxygen atoms in total. The van der Waals surface area contributed by atoms with Gasteiger partial charge in [-0.25, -0.2) is 15.0 Å². The number of anilines is 1. The van der Waals surface area contributed by atoms with Gasteiger partial charge < -0.3 is 10.1 Å². The van der Waals surface area contributed by atoms with Crippen molar-refractivity contribution >= 4 is 27.5 Å². The fraction of sp³-hybridized carbons (Fsp3) is 0.278. The number of pyridine rings is 1. The summed E-state index contributed by atoms with van der Waals surface area (Å²) in [6, 6.07) is 9.55. The standard InChI is InChI=1S/C18H20N4O2S/c1-4-24-17-9-15-16(11-19-17)21-12(2)22-18(15)20-10-13-6-5-7-14(8-13)25(3)23/h5-9,11H,4,10H2,1-3H3,(H,20,21,22). The molecule has 0 fully saturated rings. The van der Waals surface area contributed by atoms with E-state index in [1.54, 1.807) is 12.5 Å². The molecule has 3 aromatic rings. The van der Waals surface area contributed by atoms with Gasteiger partial charge in [-0.15, -0.1) is 0 Å². The maximum atomic E-state index is 11.6. The van der Waals surface area contributed by atoms with Gasteiger partial charge in [0.25, 0.3) is 0 Å². The molecule has 0 saturated carbocycles. The molecule has 0 aliphatic rings. The van der Waals surface area contributed by atoms with Gasteiger partial charge in [0.2, 0.25) is 5.88 Å². The summed E-state index contributed by atoms with van der Waals surface area (Å²) >= 11 is 0. The van der Waals surface area contributed by atoms with Gasteiger partial charge in [-0.2, -0.15) is 0 Å². The molecular weight excluding hydrogens is 336 g/mol. The van der Waals surface area contributed by atoms with Crippen molar-refractivity contribution in [3.05, 3.63) is 47.9 Å². The van der Waals surface area contributed by atoms with Gasteiger partial charge in [0.1, 0.15) is 11.6 Å². The monoisotopic (exact) mass is 356 g/mol. The number of hydrogen-bond acceptors (Lipinski definition) is 6. The molecule has 130 valence electrons. The zero-order valence-electron chi connectivity index (χ0n) is 14.4. The zero-order chi connectivity index (χ0) is 17.8. The molecule has 7 heteroatoms. The van der Waals surface area contributed by atoms with Gasteiger partial charge in [0.05, 0.1) is 18.3 Å². The van der Waals surface area contributed by atoms with Gasteiger partial charge >= 0.3 is 0 Å². The Balaban J connectivity index is 1.90. The molecule has 0 radical (unpaired) electrons. The van der Waals surface area contributed by atoms with Crippen LogP contribution in [0.25, 0.3) is 10.9 Å². The number of hydrogen-bond donors (Lipinski definition) is 1. The molecule has 1 atom stereocenters. The van der Waals surface area contributed by atoms with E-state index in [0.717, 1.165) is 27.2 Å². The third kappa shape index (κ3) is 4.11. The number of nitrogens with one attached hydrogen (secondary N) is 1. The third-order valence-corrected chi connectivity index (χ3v) is 4.57. The fourth-order valence-corrected chi connectivity index (χ4v) is 3.10. The molecule has 0 aliphatic carbocycles. The summed E-state index contributed by atoms with van der Waals surface area (Å²) in [5, 5.41) is 4.21. The van der Waals surface area contributed by atoms with E-state index in [1.165, 1.54) is 0 Å². The summed E-state index contributed by atoms with van der Waals surface area (Å²) in [4.78, 5) is 14.0. The van der Waals surface area contributed by atoms with Crippen LogP contribution in [-0.4, -0.2) is 32.0 Å². The molecule has 0 aliphatic heterocycles. The first kappa shape index (κ1) is 17.3. The van der Waals surface area contributed by atoms with Crippen molar-refractivity contribution < 1.29 is 8.95 Å². The van der Waals surface area contributed by atoms with Crippen molar-refractivity contribution in [1.82, 2.24) is 15.0 Å². The summed E-state index contributed by atoms with van der Waals surface area (Å²) in [6.45, 7) is 4.89. The maximum absolute atomic E-state index is 11.6. The van der Waals surface area contributed by atoms with Crippen LogP contribution in [0.1, 0.15) is 18.3 Å². The van der Waals surface area contributed by atoms with Crippen molar-refractivity contribution in [2.24, 2.45) is 0 Å². The molecule has 1 aromatic carbocycles. The highest BCUT2D eigenvalue weighted by Gasteiger charge is 2.09. The highest BCUT2D eigenvalue weighted by molar-refractivity contribution is 7.84. The molecular formula is C18H20N4O2S. The van der Waals surface area contributed by atoms with E-state index < -0.39 is 10.8 Å². The van der Waals surface area contributed by atoms with Crippen molar-refractivity contribution in [3.63, 3.8) is 0 Å². The normalized spacial score (nSPS) is 12.1. The third-order valence-electron chi connectivity index (χ3n) is 3.65. The van der Waals surface area contributed by atoms with Gasteiger partial charge in [-0.3, -0.25) is 4.21 Å². The van der Waals surface area contributed by atoms with Crippen LogP contribution < -0.4 is 10.1 Å². The molecule has 2 heterocycles. The number of fused-ring (bicyclic) bond motifs is 1. The smallest absolute Gasteiger partial charge is 0.214 e. The topological polar surface area (TPSA) is 77.0 Å². The Labute approximate surface area is 149 Å². The van der Waals surface area contributed by atoms with E-state index in [-0.39, 0.29) is 0 Å². The summed E-state index contributed by atoms with van der Waals surface area (Å²) in [5.41, 5.74) is 1.80. The quantitative estimate of drug-likeness (QED) is 0.731. The van der Waals surface area contributed by atoms with Gasteiger partial charge in [-0.05, 0) is 31.5 Å². The molecule has 0 spiro atoms. The Morgan fingerprint density at radius 1 is 1.24 bits per heavy atom. The van der Waals surface area contributed by atoms with Crippen LogP contribution in [-0.2, 0) is 17.3 Å². The van der Waals surface area contributed by atoms with Crippen molar-refractivity contribution in [2.75, 3.05) is 18.2 Å². The van der Waals surface area contributed by atoms with Crippen LogP contribution in [0, 0.1) is 6.92 Å². The molecule has 3 rings (SSSR count). The minimum Gasteiger partial charge on any atom is -0.478 e. The lowest BCUT2D eigenvalue weighted by Crippen LogP contribution is -2.05. The Kier molecular flexibility index (Phi) is 5.23. The van der Waals surface area contributed by atoms with Crippen LogP contribution in [0.5, 0.6) is 5.88 Å². The molecule has 0 saturated heterocycles. The Morgan fingerprint density at radius 3 is 2.84 bits per heavy atom. The van der Waals surface area contributed by atoms with E-state index in [0.29, 0.717) is 24.9 Å². The highest BCUT2D eigenvalue weighted by atomic mass is 32.2. The lowest BCUT2D eigenvalue weighted by molar-refractivity contribution is 0.327. The van der Waals surface area contributed by atoms with Crippen molar-refractivity contribution in [2.45, 2.75) is 25.3 Å². The largest absolute Gasteiger partial charge is 0.478 e. The number of nitrogens with zero attached hydrogens (tertiary/aromatic N) is 3. The lowest BCUT2D eigenvalue weighted by atomic mass is 10.2. The van der Waals surface area contributed by atoms with Crippen LogP contribution in [0.2, 0.25) is 0 Å². The molecule has 25 heavy (non-hydrogen) atoms. The molecule has 2 aromatic heterocycles. The van der Waals surface area contributed by atoms with Crippen molar-refractivity contribution in [1.29, 1.82) is 0 Å². The van der Waals surface area contributed by atoms with Crippen molar-refractivity contribution in [3.8, 4) is 5.88 Å². The fourth-order valence-electron chi connectivity index (χ4n) is 2.51. The Bertz CT molecular complexity index is 930. The number of rotatable bonds is 6. The van der Waals surface area contributed by atoms with E-state index in [4.69, 9.17) is 4.74 Å². The first-order valence-electron chi connectivity index (χ1n) is 8.00. The Morgan fingerprint density at radius 2 is 2.08 bits per heavy atom. The minimum absolute atomic E-state index is 0.550. The molecule has 0 bridgehead atoms. The second kappa shape index (κ2) is 7.57. The summed E-state index contributed by atoms with van der Waals surface area (Å²) in [7, 11) is -0.997. The zero-order valence-corrected chi connectivity index (χ0v) is 15.3. The second-order valence-electron chi connectivity index (χ2n) is 5.55. The average Bonchev–Trinajstić information content (AvgIpc) is 2.60. The first-order chi connectivity index (χ1) is 12.1. The van der Waals surface area contributed by atoms with Crippen LogP contribution in [0.15, 0.2) is 41.4 Å². The van der Waals surface area contributed by atoms with E-state index in [9.17, 15) is 4.21 Å². The van der Waals surface area contributed by atoms with Crippen LogP contribution in [0.4, 0.5) is 5.82 Å². The Hall–Kier alpha value is -2.54. The first-order valence-corrected chi connectivity index (χ1v) is 9.56. The highest BCUT2D eigenvalue weighted by Crippen LogP contribution is 2.24. The van der Waals surface area contributed by atoms with E-state index >= 15 is 0 Å². The summed E-state index contributed by atoms with van der Waals surface area (Å²) in [5.74, 6) is 1.95. The predicted octanol–water partition coefficient (Wildman–Crippen LogP) is 3.08. The maximum Gasteiger partial charge on any atom is 0.214 e. The number of benzene rings is 1. The summed E-state index contributed by atoms with van der Waals surface area (Å²) in [6.07, 6.45) is 3.37. The van der Waals surface area contributed by atoms with E-state index in [2.05, 4.69) is 20.3 Å². The number of aryl methyl sites for hydroxylation is 1. The number of aromatic nitrogens is 3. The van der Waals surface area contributed by atoms with Gasteiger partial charge in [-0.1, -0.05) is 12.1 Å². The van der Waals surface area contributed by atoms with E-state index in [1.807, 2.05) is 44.2 Å². The van der Waals surface area contributed by atoms with Gasteiger partial charge in [0.15, 0.2) is 0 Å². The lowest BCUT2D eigenvalue weighted by Gasteiger charge is -2.11. The molecule has 1 unspecified atom stereocenters. The number of ether oxygens (including phenoxy) is 1. The second-order valence-corrected chi connectivity index (χ2v) is 6.93. The molecule has 0 amide bonds. The predicted molar refractivity (Wildman–Crippen MR) is 99.3 cm³/mol. The van der Waals surface area contributed by atoms with Crippen LogP contribution in [0.3, 0.4) is 0 Å². The SMILES string of the molecule is CCOc1cc2c(NCc3cccc(S(C)=O)c3)nc(C)nc2cn1. The summed E-state index contributed by atoms with van der Waals surface area (Å²) < 4.78 is 17.1. The van der Waals surface area contributed by atoms with Gasteiger partial charge in [0, 0.05) is 39.9 Å². The van der Waals surface area contributed by atoms with Crippen LogP contribution >= 0.6 is 0 Å².